The van der Waals surface area contributed by atoms with Gasteiger partial charge in [0.25, 0.3) is 0 Å². The molecule has 0 aliphatic heterocycles. The Morgan fingerprint density at radius 3 is 2.32 bits per heavy atom. The van der Waals surface area contributed by atoms with E-state index in [0.717, 1.165) is 27.3 Å². The number of aromatic hydroxyl groups is 1. The molecule has 0 amide bonds. The van der Waals surface area contributed by atoms with E-state index in [1.54, 1.807) is 19.1 Å². The van der Waals surface area contributed by atoms with Crippen LogP contribution in [0.4, 0.5) is 0 Å². The molecule has 0 aliphatic rings. The number of benzene rings is 4. The molecule has 6 heteroatoms. The van der Waals surface area contributed by atoms with Crippen LogP contribution < -0.4 is 34.1 Å². The minimum atomic E-state index is -2.30. The average Bonchev–Trinajstić information content (AvgIpc) is 2.69. The number of fused-ring (bicyclic) bond motifs is 3. The number of phenolic OH excluding ortho intramolecular Hbond substituents is 1. The van der Waals surface area contributed by atoms with Gasteiger partial charge in [-0.3, -0.25) is 0 Å². The largest absolute Gasteiger partial charge is 1.00 e. The summed E-state index contributed by atoms with van der Waals surface area (Å²) in [5.74, 6) is 0.0613. The van der Waals surface area contributed by atoms with Crippen LogP contribution >= 0.6 is 8.25 Å². The van der Waals surface area contributed by atoms with Crippen molar-refractivity contribution in [2.24, 2.45) is 0 Å². The van der Waals surface area contributed by atoms with Gasteiger partial charge in [-0.25, -0.2) is 4.52 Å². The molecule has 0 radical (unpaired) electrons. The molecule has 0 aromatic heterocycles. The maximum Gasteiger partial charge on any atom is 1.00 e. The number of rotatable bonds is 5. The van der Waals surface area contributed by atoms with E-state index in [2.05, 4.69) is 30.3 Å². The smallest absolute Gasteiger partial charge is 1.00 e. The van der Waals surface area contributed by atoms with Crippen molar-refractivity contribution in [3.63, 3.8) is 0 Å². The zero-order valence-corrected chi connectivity index (χ0v) is 18.6. The fourth-order valence-electron chi connectivity index (χ4n) is 3.27. The predicted octanol–water partition coefficient (Wildman–Crippen LogP) is 3.55. The maximum absolute atomic E-state index is 11.6. The Morgan fingerprint density at radius 2 is 1.61 bits per heavy atom. The van der Waals surface area contributed by atoms with Crippen LogP contribution in [0, 0.1) is 0 Å². The molecule has 0 aliphatic carbocycles. The standard InChI is InChI=1S/C22H17O4P.Na.H/c1-2-25-27(24)26-22-12-11-16(14-21(22)23)20-13-15-7-3-4-8-17(15)18-9-5-6-10-19(18)20;;/h3-14H,2H2,1H3;;/q;+1;-1/p+1. The van der Waals surface area contributed by atoms with Gasteiger partial charge in [0.15, 0.2) is 5.75 Å². The van der Waals surface area contributed by atoms with Crippen molar-refractivity contribution < 1.29 is 49.7 Å². The Balaban J connectivity index is 0.00000150. The third kappa shape index (κ3) is 4.07. The average molecular weight is 401 g/mol. The van der Waals surface area contributed by atoms with Gasteiger partial charge in [-0.15, -0.1) is 4.52 Å². The molecule has 1 unspecified atom stereocenters. The summed E-state index contributed by atoms with van der Waals surface area (Å²) in [6.07, 6.45) is 0. The third-order valence-electron chi connectivity index (χ3n) is 4.45. The summed E-state index contributed by atoms with van der Waals surface area (Å²) in [6.45, 7) is 2.00. The minimum absolute atomic E-state index is 0. The molecule has 136 valence electrons. The van der Waals surface area contributed by atoms with Crippen LogP contribution in [0.2, 0.25) is 0 Å². The Morgan fingerprint density at radius 1 is 0.929 bits per heavy atom. The zero-order chi connectivity index (χ0) is 18.8. The Labute approximate surface area is 187 Å². The molecule has 0 bridgehead atoms. The van der Waals surface area contributed by atoms with Gasteiger partial charge in [-0.1, -0.05) is 54.6 Å². The molecular formula is C22H19NaO4P+. The van der Waals surface area contributed by atoms with Crippen molar-refractivity contribution in [3.05, 3.63) is 72.8 Å². The number of hydrogen-bond acceptors (Lipinski definition) is 4. The van der Waals surface area contributed by atoms with Crippen LogP contribution in [0.1, 0.15) is 8.35 Å². The summed E-state index contributed by atoms with van der Waals surface area (Å²) >= 11 is 0. The SMILES string of the molecule is CCO[P+](=O)Oc1ccc(-c2cc3ccccc3c3ccccc23)cc1O.[H-].[Na+]. The molecule has 4 aromatic rings. The molecule has 0 heterocycles. The topological polar surface area (TPSA) is 55.8 Å². The first-order valence-electron chi connectivity index (χ1n) is 8.69. The van der Waals surface area contributed by atoms with Crippen molar-refractivity contribution in [3.8, 4) is 22.6 Å². The first-order chi connectivity index (χ1) is 13.2. The molecule has 4 nitrogen and oxygen atoms in total. The van der Waals surface area contributed by atoms with E-state index in [1.165, 1.54) is 5.39 Å². The van der Waals surface area contributed by atoms with Crippen molar-refractivity contribution in [2.45, 2.75) is 6.92 Å². The second-order valence-corrected chi connectivity index (χ2v) is 6.99. The molecule has 0 saturated carbocycles. The van der Waals surface area contributed by atoms with Gasteiger partial charge in [0, 0.05) is 4.57 Å². The van der Waals surface area contributed by atoms with Gasteiger partial charge >= 0.3 is 37.8 Å². The summed E-state index contributed by atoms with van der Waals surface area (Å²) in [7, 11) is -2.30. The van der Waals surface area contributed by atoms with E-state index in [1.807, 2.05) is 30.3 Å². The molecule has 28 heavy (non-hydrogen) atoms. The predicted molar refractivity (Wildman–Crippen MR) is 110 cm³/mol. The number of hydrogen-bond donors (Lipinski definition) is 1. The van der Waals surface area contributed by atoms with Gasteiger partial charge < -0.3 is 6.53 Å². The maximum atomic E-state index is 11.6. The summed E-state index contributed by atoms with van der Waals surface area (Å²) in [5.41, 5.74) is 1.87. The van der Waals surface area contributed by atoms with E-state index in [4.69, 9.17) is 9.05 Å². The van der Waals surface area contributed by atoms with Gasteiger partial charge in [0.05, 0.1) is 0 Å². The third-order valence-corrected chi connectivity index (χ3v) is 5.26. The Hall–Kier alpha value is -1.94. The van der Waals surface area contributed by atoms with Crippen LogP contribution in [0.5, 0.6) is 11.5 Å². The molecule has 4 aromatic carbocycles. The molecule has 1 atom stereocenters. The van der Waals surface area contributed by atoms with E-state index >= 15 is 0 Å². The van der Waals surface area contributed by atoms with Crippen molar-refractivity contribution in [2.75, 3.05) is 6.61 Å². The minimum Gasteiger partial charge on any atom is -1.00 e. The summed E-state index contributed by atoms with van der Waals surface area (Å²) < 4.78 is 21.7. The van der Waals surface area contributed by atoms with Crippen molar-refractivity contribution >= 4 is 29.8 Å². The Kier molecular flexibility index (Phi) is 6.71. The fraction of sp³-hybridized carbons (Fsp3) is 0.0909. The first kappa shape index (κ1) is 20.8. The first-order valence-corrected chi connectivity index (χ1v) is 9.79. The Bertz CT molecular complexity index is 1170. The molecule has 4 rings (SSSR count). The van der Waals surface area contributed by atoms with Crippen molar-refractivity contribution in [1.29, 1.82) is 0 Å². The van der Waals surface area contributed by atoms with Gasteiger partial charge in [0.2, 0.25) is 5.75 Å². The monoisotopic (exact) mass is 401 g/mol. The second-order valence-electron chi connectivity index (χ2n) is 6.11. The van der Waals surface area contributed by atoms with Gasteiger partial charge in [-0.2, -0.15) is 0 Å². The second kappa shape index (κ2) is 9.04. The van der Waals surface area contributed by atoms with E-state index in [0.29, 0.717) is 0 Å². The molecule has 0 fully saturated rings. The summed E-state index contributed by atoms with van der Waals surface area (Å²) in [6, 6.07) is 23.6. The van der Waals surface area contributed by atoms with Crippen LogP contribution in [-0.4, -0.2) is 11.7 Å². The van der Waals surface area contributed by atoms with Crippen LogP contribution in [-0.2, 0) is 9.09 Å². The molecular weight excluding hydrogens is 382 g/mol. The van der Waals surface area contributed by atoms with Gasteiger partial charge in [-0.05, 0) is 57.8 Å². The molecule has 0 spiro atoms. The van der Waals surface area contributed by atoms with Crippen LogP contribution in [0.25, 0.3) is 32.7 Å². The van der Waals surface area contributed by atoms with E-state index in [-0.39, 0.29) is 49.1 Å². The fourth-order valence-corrected chi connectivity index (χ4v) is 3.85. The van der Waals surface area contributed by atoms with Gasteiger partial charge in [0.1, 0.15) is 6.61 Å². The number of phenols is 1. The summed E-state index contributed by atoms with van der Waals surface area (Å²) in [5, 5.41) is 14.9. The zero-order valence-electron chi connectivity index (χ0n) is 16.8. The van der Waals surface area contributed by atoms with Crippen LogP contribution in [0.15, 0.2) is 72.8 Å². The van der Waals surface area contributed by atoms with Crippen LogP contribution in [0.3, 0.4) is 0 Å². The van der Waals surface area contributed by atoms with E-state index < -0.39 is 8.25 Å². The van der Waals surface area contributed by atoms with E-state index in [9.17, 15) is 9.67 Å². The summed E-state index contributed by atoms with van der Waals surface area (Å²) in [4.78, 5) is 0. The normalized spacial score (nSPS) is 11.2. The van der Waals surface area contributed by atoms with Crippen molar-refractivity contribution in [1.82, 2.24) is 0 Å². The molecule has 0 saturated heterocycles. The molecule has 1 N–H and O–H groups in total. The quantitative estimate of drug-likeness (QED) is 0.316.